The number of benzene rings is 2. The summed E-state index contributed by atoms with van der Waals surface area (Å²) < 4.78 is 53.9. The van der Waals surface area contributed by atoms with Gasteiger partial charge in [0, 0.05) is 19.3 Å². The standard InChI is InChI=1S/C18H15F2NO3S/c1-3-11-4-6-12(7-5-11)25(23,24)17-10-21(2)16-9-15(20)14(19)8-13(16)18(17)22/h4-10H,3H2,1-2H3. The van der Waals surface area contributed by atoms with E-state index >= 15 is 0 Å². The Bertz CT molecular complexity index is 1130. The van der Waals surface area contributed by atoms with Crippen LogP contribution in [-0.4, -0.2) is 13.0 Å². The largest absolute Gasteiger partial charge is 0.349 e. The minimum absolute atomic E-state index is 0.0243. The van der Waals surface area contributed by atoms with Gasteiger partial charge in [0.2, 0.25) is 15.3 Å². The first-order valence-corrected chi connectivity index (χ1v) is 9.06. The first-order chi connectivity index (χ1) is 11.8. The Morgan fingerprint density at radius 2 is 1.64 bits per heavy atom. The van der Waals surface area contributed by atoms with Crippen LogP contribution in [0, 0.1) is 11.6 Å². The highest BCUT2D eigenvalue weighted by molar-refractivity contribution is 7.91. The fourth-order valence-corrected chi connectivity index (χ4v) is 4.07. The monoisotopic (exact) mass is 363 g/mol. The van der Waals surface area contributed by atoms with Gasteiger partial charge in [-0.1, -0.05) is 19.1 Å². The van der Waals surface area contributed by atoms with Gasteiger partial charge in [-0.25, -0.2) is 17.2 Å². The van der Waals surface area contributed by atoms with Gasteiger partial charge in [0.1, 0.15) is 4.90 Å². The summed E-state index contributed by atoms with van der Waals surface area (Å²) in [5.41, 5.74) is 0.221. The van der Waals surface area contributed by atoms with Crippen molar-refractivity contribution in [2.45, 2.75) is 23.1 Å². The van der Waals surface area contributed by atoms with Crippen molar-refractivity contribution in [3.8, 4) is 0 Å². The van der Waals surface area contributed by atoms with Crippen molar-refractivity contribution in [2.24, 2.45) is 7.05 Å². The number of rotatable bonds is 3. The van der Waals surface area contributed by atoms with Crippen LogP contribution in [0.25, 0.3) is 10.9 Å². The smallest absolute Gasteiger partial charge is 0.211 e. The molecule has 7 heteroatoms. The molecular weight excluding hydrogens is 348 g/mol. The maximum absolute atomic E-state index is 13.5. The van der Waals surface area contributed by atoms with Crippen molar-refractivity contribution in [1.82, 2.24) is 4.57 Å². The molecule has 0 unspecified atom stereocenters. The first kappa shape index (κ1) is 17.3. The summed E-state index contributed by atoms with van der Waals surface area (Å²) in [6.07, 6.45) is 1.88. The molecule has 0 aliphatic carbocycles. The second kappa shape index (κ2) is 6.07. The van der Waals surface area contributed by atoms with Gasteiger partial charge in [0.25, 0.3) is 0 Å². The molecule has 0 N–H and O–H groups in total. The van der Waals surface area contributed by atoms with Gasteiger partial charge in [-0.05, 0) is 30.2 Å². The number of pyridine rings is 1. The average molecular weight is 363 g/mol. The van der Waals surface area contributed by atoms with Crippen molar-refractivity contribution < 1.29 is 17.2 Å². The zero-order chi connectivity index (χ0) is 18.4. The van der Waals surface area contributed by atoms with Gasteiger partial charge in [-0.15, -0.1) is 0 Å². The lowest BCUT2D eigenvalue weighted by atomic mass is 10.2. The minimum Gasteiger partial charge on any atom is -0.349 e. The SMILES string of the molecule is CCc1ccc(S(=O)(=O)c2cn(C)c3cc(F)c(F)cc3c2=O)cc1. The molecule has 0 aliphatic heterocycles. The predicted molar refractivity (Wildman–Crippen MR) is 90.4 cm³/mol. The molecule has 2 aromatic carbocycles. The van der Waals surface area contributed by atoms with E-state index in [1.54, 1.807) is 12.1 Å². The zero-order valence-corrected chi connectivity index (χ0v) is 14.4. The number of sulfone groups is 1. The van der Waals surface area contributed by atoms with Crippen molar-refractivity contribution >= 4 is 20.7 Å². The van der Waals surface area contributed by atoms with E-state index < -0.39 is 31.8 Å². The maximum Gasteiger partial charge on any atom is 0.211 e. The number of aromatic nitrogens is 1. The van der Waals surface area contributed by atoms with E-state index in [0.29, 0.717) is 0 Å². The van der Waals surface area contributed by atoms with Crippen molar-refractivity contribution in [3.63, 3.8) is 0 Å². The topological polar surface area (TPSA) is 56.1 Å². The van der Waals surface area contributed by atoms with Gasteiger partial charge < -0.3 is 4.57 Å². The van der Waals surface area contributed by atoms with Crippen molar-refractivity contribution in [3.05, 3.63) is 70.0 Å². The quantitative estimate of drug-likeness (QED) is 0.718. The molecule has 130 valence electrons. The third-order valence-electron chi connectivity index (χ3n) is 4.13. The predicted octanol–water partition coefficient (Wildman–Crippen LogP) is 3.21. The van der Waals surface area contributed by atoms with Crippen LogP contribution < -0.4 is 5.43 Å². The number of nitrogens with zero attached hydrogens (tertiary/aromatic N) is 1. The molecule has 25 heavy (non-hydrogen) atoms. The average Bonchev–Trinajstić information content (AvgIpc) is 2.59. The summed E-state index contributed by atoms with van der Waals surface area (Å²) in [5, 5.41) is -0.187. The van der Waals surface area contributed by atoms with Gasteiger partial charge >= 0.3 is 0 Å². The summed E-state index contributed by atoms with van der Waals surface area (Å²) >= 11 is 0. The molecular formula is C18H15F2NO3S. The highest BCUT2D eigenvalue weighted by Crippen LogP contribution is 2.22. The molecule has 0 fully saturated rings. The van der Waals surface area contributed by atoms with E-state index in [1.165, 1.54) is 23.7 Å². The van der Waals surface area contributed by atoms with E-state index in [0.717, 1.165) is 30.3 Å². The van der Waals surface area contributed by atoms with E-state index in [-0.39, 0.29) is 15.8 Å². The van der Waals surface area contributed by atoms with Crippen LogP contribution in [0.15, 0.2) is 57.2 Å². The lowest BCUT2D eigenvalue weighted by molar-refractivity contribution is 0.510. The van der Waals surface area contributed by atoms with Gasteiger partial charge in [-0.3, -0.25) is 4.79 Å². The van der Waals surface area contributed by atoms with Crippen LogP contribution in [0.2, 0.25) is 0 Å². The number of hydrogen-bond acceptors (Lipinski definition) is 3. The molecule has 0 amide bonds. The highest BCUT2D eigenvalue weighted by atomic mass is 32.2. The zero-order valence-electron chi connectivity index (χ0n) is 13.6. The summed E-state index contributed by atoms with van der Waals surface area (Å²) in [6.45, 7) is 1.94. The summed E-state index contributed by atoms with van der Waals surface area (Å²) in [5.74, 6) is -2.31. The molecule has 0 atom stereocenters. The Balaban J connectivity index is 2.29. The molecule has 4 nitrogen and oxygen atoms in total. The Morgan fingerprint density at radius 1 is 1.04 bits per heavy atom. The molecule has 0 aliphatic rings. The maximum atomic E-state index is 13.5. The molecule has 0 radical (unpaired) electrons. The lowest BCUT2D eigenvalue weighted by Gasteiger charge is -2.11. The van der Waals surface area contributed by atoms with Crippen LogP contribution in [0.1, 0.15) is 12.5 Å². The molecule has 3 rings (SSSR count). The van der Waals surface area contributed by atoms with Crippen molar-refractivity contribution in [2.75, 3.05) is 0 Å². The lowest BCUT2D eigenvalue weighted by Crippen LogP contribution is -2.19. The highest BCUT2D eigenvalue weighted by Gasteiger charge is 2.24. The second-order valence-corrected chi connectivity index (χ2v) is 7.64. The summed E-state index contributed by atoms with van der Waals surface area (Å²) in [7, 11) is -2.61. The Kier molecular flexibility index (Phi) is 4.20. The van der Waals surface area contributed by atoms with Crippen LogP contribution in [0.4, 0.5) is 8.78 Å². The molecule has 1 aromatic heterocycles. The van der Waals surface area contributed by atoms with Gasteiger partial charge in [0.15, 0.2) is 11.6 Å². The minimum atomic E-state index is -4.08. The second-order valence-electron chi connectivity index (χ2n) is 5.72. The number of hydrogen-bond donors (Lipinski definition) is 0. The fraction of sp³-hybridized carbons (Fsp3) is 0.167. The van der Waals surface area contributed by atoms with E-state index in [4.69, 9.17) is 0 Å². The molecule has 0 spiro atoms. The van der Waals surface area contributed by atoms with Crippen LogP contribution in [-0.2, 0) is 23.3 Å². The third kappa shape index (κ3) is 2.84. The Morgan fingerprint density at radius 3 is 2.24 bits per heavy atom. The van der Waals surface area contributed by atoms with E-state index in [2.05, 4.69) is 0 Å². The number of halogens is 2. The van der Waals surface area contributed by atoms with Crippen LogP contribution >= 0.6 is 0 Å². The van der Waals surface area contributed by atoms with Gasteiger partial charge in [0.05, 0.1) is 15.8 Å². The molecule has 3 aromatic rings. The number of aryl methyl sites for hydroxylation is 2. The van der Waals surface area contributed by atoms with Crippen molar-refractivity contribution in [1.29, 1.82) is 0 Å². The molecule has 1 heterocycles. The summed E-state index contributed by atoms with van der Waals surface area (Å²) in [4.78, 5) is 12.1. The Labute approximate surface area is 143 Å². The van der Waals surface area contributed by atoms with E-state index in [1.807, 2.05) is 6.92 Å². The van der Waals surface area contributed by atoms with Crippen LogP contribution in [0.5, 0.6) is 0 Å². The molecule has 0 saturated carbocycles. The van der Waals surface area contributed by atoms with Crippen LogP contribution in [0.3, 0.4) is 0 Å². The third-order valence-corrected chi connectivity index (χ3v) is 5.89. The summed E-state index contributed by atoms with van der Waals surface area (Å²) in [6, 6.07) is 7.82. The van der Waals surface area contributed by atoms with E-state index in [9.17, 15) is 22.0 Å². The fourth-order valence-electron chi connectivity index (χ4n) is 2.67. The Hall–Kier alpha value is -2.54. The number of fused-ring (bicyclic) bond motifs is 1. The molecule has 0 saturated heterocycles. The first-order valence-electron chi connectivity index (χ1n) is 7.58. The molecule has 0 bridgehead atoms. The normalized spacial score (nSPS) is 11.8. The van der Waals surface area contributed by atoms with Gasteiger partial charge in [-0.2, -0.15) is 0 Å².